The molecule has 12 heavy (non-hydrogen) atoms. The Hall–Kier alpha value is -0.570. The summed E-state index contributed by atoms with van der Waals surface area (Å²) < 4.78 is 26.9. The normalized spacial score (nSPS) is 14.5. The van der Waals surface area contributed by atoms with Crippen LogP contribution in [0.4, 0.5) is 0 Å². The van der Waals surface area contributed by atoms with E-state index in [9.17, 15) is 8.42 Å². The Balaban J connectivity index is 2.68. The van der Waals surface area contributed by atoms with Gasteiger partial charge in [-0.1, -0.05) is 4.49 Å². The highest BCUT2D eigenvalue weighted by atomic mass is 32.2. The molecule has 8 heteroatoms. The maximum atomic E-state index is 10.6. The molecule has 1 aromatic heterocycles. The van der Waals surface area contributed by atoms with E-state index < -0.39 is 16.3 Å². The van der Waals surface area contributed by atoms with Gasteiger partial charge in [-0.2, -0.15) is 13.1 Å². The van der Waals surface area contributed by atoms with Gasteiger partial charge in [-0.25, -0.2) is 5.14 Å². The minimum absolute atomic E-state index is 0.432. The number of aromatic nitrogens is 2. The van der Waals surface area contributed by atoms with Crippen molar-refractivity contribution in [3.63, 3.8) is 0 Å². The molecular formula is C4H8N4O2S2. The summed E-state index contributed by atoms with van der Waals surface area (Å²) in [4.78, 5) is 0. The van der Waals surface area contributed by atoms with E-state index in [0.717, 1.165) is 11.5 Å². The van der Waals surface area contributed by atoms with Crippen molar-refractivity contribution in [3.8, 4) is 0 Å². The molecule has 1 atom stereocenters. The Morgan fingerprint density at radius 1 is 1.75 bits per heavy atom. The second kappa shape index (κ2) is 3.44. The van der Waals surface area contributed by atoms with E-state index >= 15 is 0 Å². The van der Waals surface area contributed by atoms with Gasteiger partial charge in [-0.15, -0.1) is 5.10 Å². The van der Waals surface area contributed by atoms with E-state index in [-0.39, 0.29) is 0 Å². The Labute approximate surface area is 74.1 Å². The molecule has 0 bridgehead atoms. The minimum atomic E-state index is -3.66. The van der Waals surface area contributed by atoms with E-state index in [4.69, 9.17) is 5.14 Å². The van der Waals surface area contributed by atoms with E-state index in [1.807, 2.05) is 0 Å². The van der Waals surface area contributed by atoms with Crippen molar-refractivity contribution in [1.82, 2.24) is 14.3 Å². The summed E-state index contributed by atoms with van der Waals surface area (Å²) >= 11 is 1.16. The van der Waals surface area contributed by atoms with Crippen LogP contribution in [0.5, 0.6) is 0 Å². The lowest BCUT2D eigenvalue weighted by Gasteiger charge is -2.06. The van der Waals surface area contributed by atoms with Crippen LogP contribution in [-0.4, -0.2) is 18.0 Å². The average Bonchev–Trinajstić information content (AvgIpc) is 2.32. The maximum absolute atomic E-state index is 10.6. The van der Waals surface area contributed by atoms with Gasteiger partial charge in [-0.3, -0.25) is 0 Å². The summed E-state index contributed by atoms with van der Waals surface area (Å²) in [6.45, 7) is 1.64. The molecule has 1 rings (SSSR count). The number of hydrogen-bond acceptors (Lipinski definition) is 5. The molecule has 0 radical (unpaired) electrons. The Morgan fingerprint density at radius 3 is 2.83 bits per heavy atom. The zero-order valence-corrected chi connectivity index (χ0v) is 7.89. The summed E-state index contributed by atoms with van der Waals surface area (Å²) in [5, 5.41) is 10.1. The molecule has 1 unspecified atom stereocenters. The summed E-state index contributed by atoms with van der Waals surface area (Å²) in [6.07, 6.45) is 0. The third-order valence-electron chi connectivity index (χ3n) is 1.16. The van der Waals surface area contributed by atoms with Crippen LogP contribution in [0, 0.1) is 0 Å². The van der Waals surface area contributed by atoms with E-state index in [0.29, 0.717) is 5.69 Å². The first kappa shape index (κ1) is 9.52. The lowest BCUT2D eigenvalue weighted by atomic mass is 10.3. The first-order valence-electron chi connectivity index (χ1n) is 3.06. The van der Waals surface area contributed by atoms with Crippen LogP contribution in [-0.2, 0) is 10.2 Å². The summed E-state index contributed by atoms with van der Waals surface area (Å²) in [5.74, 6) is 0. The molecule has 68 valence electrons. The lowest BCUT2D eigenvalue weighted by molar-refractivity contribution is 0.565. The summed E-state index contributed by atoms with van der Waals surface area (Å²) in [6, 6.07) is -0.432. The van der Waals surface area contributed by atoms with Gasteiger partial charge in [0.15, 0.2) is 0 Å². The summed E-state index contributed by atoms with van der Waals surface area (Å²) in [7, 11) is -3.66. The minimum Gasteiger partial charge on any atom is -0.216 e. The molecule has 1 heterocycles. The first-order valence-corrected chi connectivity index (χ1v) is 5.44. The standard InChI is InChI=1S/C4H8N4O2S2/c1-3(7-12(5,9)10)4-2-11-8-6-4/h2-3,7H,1H3,(H2,5,9,10). The van der Waals surface area contributed by atoms with Crippen LogP contribution < -0.4 is 9.86 Å². The van der Waals surface area contributed by atoms with Gasteiger partial charge in [0.1, 0.15) is 0 Å². The Bertz CT molecular complexity index is 332. The number of nitrogens with two attached hydrogens (primary N) is 1. The van der Waals surface area contributed by atoms with Gasteiger partial charge >= 0.3 is 0 Å². The molecule has 3 N–H and O–H groups in total. The van der Waals surface area contributed by atoms with Crippen LogP contribution in [0.2, 0.25) is 0 Å². The van der Waals surface area contributed by atoms with Crippen LogP contribution in [0.15, 0.2) is 5.38 Å². The fourth-order valence-corrected chi connectivity index (χ4v) is 1.83. The van der Waals surface area contributed by atoms with E-state index in [1.165, 1.54) is 0 Å². The zero-order valence-electron chi connectivity index (χ0n) is 6.26. The third-order valence-corrected chi connectivity index (χ3v) is 2.37. The molecule has 0 saturated heterocycles. The highest BCUT2D eigenvalue weighted by molar-refractivity contribution is 7.87. The van der Waals surface area contributed by atoms with Crippen molar-refractivity contribution < 1.29 is 8.42 Å². The van der Waals surface area contributed by atoms with Gasteiger partial charge in [0.25, 0.3) is 10.2 Å². The molecule has 0 aliphatic rings. The smallest absolute Gasteiger partial charge is 0.216 e. The van der Waals surface area contributed by atoms with Gasteiger partial charge in [0.2, 0.25) is 0 Å². The fourth-order valence-electron chi connectivity index (χ4n) is 0.667. The Kier molecular flexibility index (Phi) is 2.73. The lowest BCUT2D eigenvalue weighted by Crippen LogP contribution is -2.33. The molecule has 0 aliphatic carbocycles. The predicted octanol–water partition coefficient (Wildman–Crippen LogP) is -0.608. The Morgan fingerprint density at radius 2 is 2.42 bits per heavy atom. The van der Waals surface area contributed by atoms with E-state index in [2.05, 4.69) is 14.3 Å². The molecule has 6 nitrogen and oxygen atoms in total. The number of nitrogens with zero attached hydrogens (tertiary/aromatic N) is 2. The molecule has 1 aromatic rings. The third kappa shape index (κ3) is 2.81. The van der Waals surface area contributed by atoms with Gasteiger partial charge in [-0.05, 0) is 18.5 Å². The number of nitrogens with one attached hydrogen (secondary N) is 1. The second-order valence-corrected chi connectivity index (χ2v) is 4.15. The van der Waals surface area contributed by atoms with Crippen LogP contribution in [0.25, 0.3) is 0 Å². The van der Waals surface area contributed by atoms with Crippen molar-refractivity contribution in [1.29, 1.82) is 0 Å². The molecular weight excluding hydrogens is 200 g/mol. The topological polar surface area (TPSA) is 98.0 Å². The van der Waals surface area contributed by atoms with Crippen molar-refractivity contribution in [2.24, 2.45) is 5.14 Å². The highest BCUT2D eigenvalue weighted by Gasteiger charge is 2.12. The molecule has 0 fully saturated rings. The first-order chi connectivity index (χ1) is 5.49. The SMILES string of the molecule is CC(NS(N)(=O)=O)c1csnn1. The van der Waals surface area contributed by atoms with Crippen LogP contribution in [0.3, 0.4) is 0 Å². The zero-order chi connectivity index (χ0) is 9.19. The predicted molar refractivity (Wildman–Crippen MR) is 44.6 cm³/mol. The van der Waals surface area contributed by atoms with Gasteiger partial charge < -0.3 is 0 Å². The van der Waals surface area contributed by atoms with Crippen LogP contribution >= 0.6 is 11.5 Å². The highest BCUT2D eigenvalue weighted by Crippen LogP contribution is 2.09. The fraction of sp³-hybridized carbons (Fsp3) is 0.500. The van der Waals surface area contributed by atoms with Crippen LogP contribution in [0.1, 0.15) is 18.7 Å². The molecule has 0 saturated carbocycles. The van der Waals surface area contributed by atoms with Crippen molar-refractivity contribution >= 4 is 21.7 Å². The average molecular weight is 208 g/mol. The number of hydrogen-bond donors (Lipinski definition) is 2. The monoisotopic (exact) mass is 208 g/mol. The molecule has 0 amide bonds. The summed E-state index contributed by atoms with van der Waals surface area (Å²) in [5.41, 5.74) is 0.564. The molecule has 0 spiro atoms. The maximum Gasteiger partial charge on any atom is 0.274 e. The van der Waals surface area contributed by atoms with Crippen molar-refractivity contribution in [2.75, 3.05) is 0 Å². The molecule has 0 aliphatic heterocycles. The number of rotatable bonds is 3. The largest absolute Gasteiger partial charge is 0.274 e. The van der Waals surface area contributed by atoms with Crippen molar-refractivity contribution in [2.45, 2.75) is 13.0 Å². The quantitative estimate of drug-likeness (QED) is 0.692. The van der Waals surface area contributed by atoms with Gasteiger partial charge in [0, 0.05) is 5.38 Å². The van der Waals surface area contributed by atoms with E-state index in [1.54, 1.807) is 12.3 Å². The van der Waals surface area contributed by atoms with Crippen molar-refractivity contribution in [3.05, 3.63) is 11.1 Å². The second-order valence-electron chi connectivity index (χ2n) is 2.21. The van der Waals surface area contributed by atoms with Gasteiger partial charge in [0.05, 0.1) is 11.7 Å². The molecule has 0 aromatic carbocycles.